The molecular formula is C11H12F3Zr. The Kier molecular flexibility index (Phi) is 6.83. The molecule has 15 heavy (non-hydrogen) atoms. The first kappa shape index (κ1) is 14.6. The first-order valence-electron chi connectivity index (χ1n) is 4.25. The molecule has 0 aromatic heterocycles. The summed E-state index contributed by atoms with van der Waals surface area (Å²) in [5.41, 5.74) is 0.918. The maximum absolute atomic E-state index is 11.7. The van der Waals surface area contributed by atoms with E-state index in [1.807, 2.05) is 12.2 Å². The minimum absolute atomic E-state index is 0. The second-order valence-corrected chi connectivity index (χ2v) is 2.85. The van der Waals surface area contributed by atoms with Crippen LogP contribution in [0.15, 0.2) is 42.0 Å². The van der Waals surface area contributed by atoms with E-state index < -0.39 is 12.6 Å². The Morgan fingerprint density at radius 3 is 2.67 bits per heavy atom. The minimum Gasteiger partial charge on any atom is -1.00 e. The second kappa shape index (κ2) is 7.00. The molecule has 1 aliphatic carbocycles. The summed E-state index contributed by atoms with van der Waals surface area (Å²) in [6.07, 6.45) is 8.46. The van der Waals surface area contributed by atoms with Gasteiger partial charge >= 0.3 is 32.4 Å². The summed E-state index contributed by atoms with van der Waals surface area (Å²) in [5.74, 6) is 0. The van der Waals surface area contributed by atoms with Gasteiger partial charge in [0, 0.05) is 0 Å². The monoisotopic (exact) mass is 291 g/mol. The van der Waals surface area contributed by atoms with Crippen molar-refractivity contribution in [2.24, 2.45) is 0 Å². The smallest absolute Gasteiger partial charge is 1.00 e. The number of hydrogen-bond donors (Lipinski definition) is 0. The zero-order valence-corrected chi connectivity index (χ0v) is 10.5. The number of halogens is 3. The van der Waals surface area contributed by atoms with E-state index in [9.17, 15) is 13.2 Å². The molecule has 0 fully saturated rings. The summed E-state index contributed by atoms with van der Waals surface area (Å²) in [4.78, 5) is 0. The van der Waals surface area contributed by atoms with Gasteiger partial charge in [-0.2, -0.15) is 37.0 Å². The van der Waals surface area contributed by atoms with Gasteiger partial charge in [-0.05, 0) is 0 Å². The Labute approximate surface area is 109 Å². The number of alkyl halides is 3. The van der Waals surface area contributed by atoms with Crippen LogP contribution in [-0.2, 0) is 26.2 Å². The maximum Gasteiger partial charge on any atom is 3.00 e. The van der Waals surface area contributed by atoms with E-state index in [1.165, 1.54) is 6.08 Å². The molecule has 0 aromatic carbocycles. The van der Waals surface area contributed by atoms with Gasteiger partial charge in [0.1, 0.15) is 0 Å². The quantitative estimate of drug-likeness (QED) is 0.545. The third-order valence-electron chi connectivity index (χ3n) is 1.59. The summed E-state index contributed by atoms with van der Waals surface area (Å²) in [6, 6.07) is 0. The van der Waals surface area contributed by atoms with Crippen LogP contribution < -0.4 is 0 Å². The van der Waals surface area contributed by atoms with Gasteiger partial charge in [0.05, 0.1) is 6.42 Å². The van der Waals surface area contributed by atoms with E-state index in [1.54, 1.807) is 12.2 Å². The van der Waals surface area contributed by atoms with Crippen LogP contribution in [0.25, 0.3) is 0 Å². The van der Waals surface area contributed by atoms with Crippen molar-refractivity contribution in [1.29, 1.82) is 0 Å². The van der Waals surface area contributed by atoms with Crippen molar-refractivity contribution in [2.45, 2.75) is 19.0 Å². The van der Waals surface area contributed by atoms with Crippen molar-refractivity contribution in [1.82, 2.24) is 0 Å². The Morgan fingerprint density at radius 1 is 1.40 bits per heavy atom. The molecule has 0 aliphatic heterocycles. The van der Waals surface area contributed by atoms with E-state index in [0.717, 1.165) is 18.1 Å². The largest absolute Gasteiger partial charge is 3.00 e. The van der Waals surface area contributed by atoms with Crippen LogP contribution in [0.1, 0.15) is 15.7 Å². The fourth-order valence-electron chi connectivity index (χ4n) is 0.976. The molecular weight excluding hydrogens is 280 g/mol. The van der Waals surface area contributed by atoms with E-state index in [2.05, 4.69) is 6.08 Å². The van der Waals surface area contributed by atoms with Crippen LogP contribution in [-0.4, -0.2) is 6.18 Å². The van der Waals surface area contributed by atoms with Gasteiger partial charge in [-0.15, -0.1) is 12.2 Å². The molecule has 1 rings (SSSR count). The molecule has 0 saturated heterocycles. The minimum atomic E-state index is -4.11. The first-order valence-corrected chi connectivity index (χ1v) is 4.25. The molecule has 0 atom stereocenters. The molecule has 0 spiro atoms. The number of allylic oxidation sites excluding steroid dienone is 8. The average Bonchev–Trinajstić information content (AvgIpc) is 2.54. The molecule has 0 aromatic rings. The predicted octanol–water partition coefficient (Wildman–Crippen LogP) is 3.96. The third-order valence-corrected chi connectivity index (χ3v) is 1.59. The summed E-state index contributed by atoms with van der Waals surface area (Å²) < 4.78 is 35.0. The molecule has 0 unspecified atom stereocenters. The van der Waals surface area contributed by atoms with Crippen LogP contribution in [0.2, 0.25) is 0 Å². The number of hydrogen-bond acceptors (Lipinski definition) is 0. The molecule has 1 radical (unpaired) electrons. The fraction of sp³-hybridized carbons (Fsp3) is 0.273. The van der Waals surface area contributed by atoms with Crippen molar-refractivity contribution in [2.75, 3.05) is 0 Å². The van der Waals surface area contributed by atoms with Crippen molar-refractivity contribution < 1.29 is 42.2 Å². The summed E-state index contributed by atoms with van der Waals surface area (Å²) in [5, 5.41) is 0. The maximum atomic E-state index is 11.7. The van der Waals surface area contributed by atoms with Gasteiger partial charge in [0.15, 0.2) is 0 Å². The standard InChI is InChI=1S/C11H10F3.Zr.2H/c12-11(13,14)9-5-1-2-6-10-7-3-4-8-10;;;/h1-3,5-7H,4,9H2;;;/q-1;+3;2*-1. The molecule has 1 aliphatic rings. The molecule has 0 amide bonds. The zero-order chi connectivity index (χ0) is 10.4. The first-order chi connectivity index (χ1) is 6.58. The Hall–Kier alpha value is -0.367. The van der Waals surface area contributed by atoms with Crippen LogP contribution in [0.4, 0.5) is 13.2 Å². The summed E-state index contributed by atoms with van der Waals surface area (Å²) in [7, 11) is 0. The Balaban J connectivity index is -0.000000653. The van der Waals surface area contributed by atoms with Crippen LogP contribution in [0.5, 0.6) is 0 Å². The number of rotatable bonds is 3. The van der Waals surface area contributed by atoms with Gasteiger partial charge in [0.2, 0.25) is 0 Å². The van der Waals surface area contributed by atoms with Crippen molar-refractivity contribution in [3.8, 4) is 0 Å². The molecule has 81 valence electrons. The topological polar surface area (TPSA) is 0 Å². The Bertz CT molecular complexity index is 304. The molecule has 0 nitrogen and oxygen atoms in total. The SMILES string of the molecule is FC(F)(F)CC=CC=CC1=[C-]CC=C1.[H-].[H-].[Zr+3]. The van der Waals surface area contributed by atoms with Gasteiger partial charge < -0.3 is 2.85 Å². The second-order valence-electron chi connectivity index (χ2n) is 2.85. The van der Waals surface area contributed by atoms with Crippen LogP contribution in [0, 0.1) is 6.08 Å². The molecule has 0 saturated carbocycles. The van der Waals surface area contributed by atoms with Crippen LogP contribution >= 0.6 is 0 Å². The van der Waals surface area contributed by atoms with Gasteiger partial charge in [-0.25, -0.2) is 0 Å². The van der Waals surface area contributed by atoms with E-state index >= 15 is 0 Å². The summed E-state index contributed by atoms with van der Waals surface area (Å²) >= 11 is 0. The van der Waals surface area contributed by atoms with E-state index in [4.69, 9.17) is 0 Å². The van der Waals surface area contributed by atoms with Crippen LogP contribution in [0.3, 0.4) is 0 Å². The van der Waals surface area contributed by atoms with Crippen molar-refractivity contribution >= 4 is 0 Å². The van der Waals surface area contributed by atoms with Crippen molar-refractivity contribution in [3.05, 3.63) is 48.1 Å². The average molecular weight is 292 g/mol. The molecule has 4 heteroatoms. The third kappa shape index (κ3) is 7.55. The fourth-order valence-corrected chi connectivity index (χ4v) is 0.976. The van der Waals surface area contributed by atoms with Gasteiger partial charge in [0.25, 0.3) is 0 Å². The predicted molar refractivity (Wildman–Crippen MR) is 51.7 cm³/mol. The molecule has 0 heterocycles. The summed E-state index contributed by atoms with van der Waals surface area (Å²) in [6.45, 7) is 0. The van der Waals surface area contributed by atoms with E-state index in [0.29, 0.717) is 0 Å². The van der Waals surface area contributed by atoms with Crippen molar-refractivity contribution in [3.63, 3.8) is 0 Å². The van der Waals surface area contributed by atoms with Gasteiger partial charge in [-0.1, -0.05) is 18.6 Å². The zero-order valence-electron chi connectivity index (χ0n) is 10.0. The normalized spacial score (nSPS) is 16.1. The Morgan fingerprint density at radius 2 is 2.13 bits per heavy atom. The molecule has 0 N–H and O–H groups in total. The van der Waals surface area contributed by atoms with Gasteiger partial charge in [-0.3, -0.25) is 0 Å². The molecule has 0 bridgehead atoms. The van der Waals surface area contributed by atoms with E-state index in [-0.39, 0.29) is 29.1 Å².